The highest BCUT2D eigenvalue weighted by Crippen LogP contribution is 2.11. The average Bonchev–Trinajstić information content (AvgIpc) is 2.30. The quantitative estimate of drug-likeness (QED) is 0.823. The van der Waals surface area contributed by atoms with Crippen LogP contribution < -0.4 is 11.1 Å². The van der Waals surface area contributed by atoms with Crippen molar-refractivity contribution in [3.05, 3.63) is 30.1 Å². The fraction of sp³-hybridized carbons (Fsp3) is 0.417. The number of hydrogen-bond donors (Lipinski definition) is 2. The maximum Gasteiger partial charge on any atom is 0.241 e. The van der Waals surface area contributed by atoms with Crippen LogP contribution in [0.4, 0.5) is 10.1 Å². The second kappa shape index (κ2) is 5.61. The lowest BCUT2D eigenvalue weighted by Gasteiger charge is -2.17. The Morgan fingerprint density at radius 2 is 2.00 bits per heavy atom. The normalized spacial score (nSPS) is 14.2. The fourth-order valence-electron chi connectivity index (χ4n) is 1.27. The molecule has 3 N–H and O–H groups in total. The Balaban J connectivity index is 2.60. The molecule has 0 fully saturated rings. The minimum atomic E-state index is -0.532. The van der Waals surface area contributed by atoms with Crippen LogP contribution in [0.25, 0.3) is 0 Å². The molecule has 0 aliphatic carbocycles. The number of amides is 1. The number of hydrogen-bond acceptors (Lipinski definition) is 2. The molecule has 0 heterocycles. The van der Waals surface area contributed by atoms with Crippen molar-refractivity contribution in [2.24, 2.45) is 11.7 Å². The number of nitrogens with one attached hydrogen (secondary N) is 1. The molecule has 0 saturated carbocycles. The van der Waals surface area contributed by atoms with Gasteiger partial charge in [0, 0.05) is 5.69 Å². The highest BCUT2D eigenvalue weighted by Gasteiger charge is 2.19. The van der Waals surface area contributed by atoms with Gasteiger partial charge in [0.25, 0.3) is 0 Å². The molecular formula is C12H17FN2O. The Morgan fingerprint density at radius 1 is 1.44 bits per heavy atom. The summed E-state index contributed by atoms with van der Waals surface area (Å²) in [5.41, 5.74) is 6.32. The SMILES string of the molecule is CCC(C)C(N)C(=O)Nc1ccc(F)cc1. The van der Waals surface area contributed by atoms with Gasteiger partial charge >= 0.3 is 0 Å². The van der Waals surface area contributed by atoms with Gasteiger partial charge in [0.1, 0.15) is 5.82 Å². The maximum atomic E-state index is 12.6. The van der Waals surface area contributed by atoms with E-state index < -0.39 is 6.04 Å². The van der Waals surface area contributed by atoms with Gasteiger partial charge in [-0.05, 0) is 30.2 Å². The van der Waals surface area contributed by atoms with Crippen LogP contribution in [0, 0.1) is 11.7 Å². The van der Waals surface area contributed by atoms with Crippen molar-refractivity contribution in [3.8, 4) is 0 Å². The van der Waals surface area contributed by atoms with Gasteiger partial charge in [0.15, 0.2) is 0 Å². The fourth-order valence-corrected chi connectivity index (χ4v) is 1.27. The summed E-state index contributed by atoms with van der Waals surface area (Å²) in [6, 6.07) is 5.08. The number of anilines is 1. The molecule has 4 heteroatoms. The zero-order valence-corrected chi connectivity index (χ0v) is 9.53. The van der Waals surface area contributed by atoms with Crippen molar-refractivity contribution in [1.82, 2.24) is 0 Å². The van der Waals surface area contributed by atoms with Crippen LogP contribution in [0.3, 0.4) is 0 Å². The lowest BCUT2D eigenvalue weighted by atomic mass is 9.99. The molecule has 0 aliphatic rings. The van der Waals surface area contributed by atoms with Gasteiger partial charge in [-0.15, -0.1) is 0 Å². The summed E-state index contributed by atoms with van der Waals surface area (Å²) >= 11 is 0. The molecule has 0 saturated heterocycles. The molecule has 2 atom stereocenters. The first-order valence-corrected chi connectivity index (χ1v) is 5.36. The molecule has 1 aromatic rings. The minimum Gasteiger partial charge on any atom is -0.325 e. The summed E-state index contributed by atoms with van der Waals surface area (Å²) in [7, 11) is 0. The van der Waals surface area contributed by atoms with E-state index in [-0.39, 0.29) is 17.6 Å². The van der Waals surface area contributed by atoms with E-state index in [4.69, 9.17) is 5.73 Å². The maximum absolute atomic E-state index is 12.6. The monoisotopic (exact) mass is 224 g/mol. The van der Waals surface area contributed by atoms with Crippen LogP contribution in [0.15, 0.2) is 24.3 Å². The third-order valence-corrected chi connectivity index (χ3v) is 2.67. The second-order valence-corrected chi connectivity index (χ2v) is 3.91. The van der Waals surface area contributed by atoms with Crippen molar-refractivity contribution in [2.45, 2.75) is 26.3 Å². The molecular weight excluding hydrogens is 207 g/mol. The summed E-state index contributed by atoms with van der Waals surface area (Å²) in [4.78, 5) is 11.7. The largest absolute Gasteiger partial charge is 0.325 e. The van der Waals surface area contributed by atoms with E-state index in [1.54, 1.807) is 0 Å². The third-order valence-electron chi connectivity index (χ3n) is 2.67. The van der Waals surface area contributed by atoms with Gasteiger partial charge in [-0.3, -0.25) is 4.79 Å². The van der Waals surface area contributed by atoms with Crippen LogP contribution in [0.1, 0.15) is 20.3 Å². The smallest absolute Gasteiger partial charge is 0.241 e. The van der Waals surface area contributed by atoms with E-state index in [2.05, 4.69) is 5.32 Å². The van der Waals surface area contributed by atoms with Crippen LogP contribution in [0.2, 0.25) is 0 Å². The van der Waals surface area contributed by atoms with Crippen LogP contribution >= 0.6 is 0 Å². The first-order valence-electron chi connectivity index (χ1n) is 5.36. The number of benzene rings is 1. The average molecular weight is 224 g/mol. The molecule has 1 aromatic carbocycles. The van der Waals surface area contributed by atoms with Crippen molar-refractivity contribution in [3.63, 3.8) is 0 Å². The van der Waals surface area contributed by atoms with Gasteiger partial charge in [-0.2, -0.15) is 0 Å². The molecule has 0 aromatic heterocycles. The van der Waals surface area contributed by atoms with Gasteiger partial charge in [0.05, 0.1) is 6.04 Å². The second-order valence-electron chi connectivity index (χ2n) is 3.91. The number of halogens is 1. The molecule has 88 valence electrons. The summed E-state index contributed by atoms with van der Waals surface area (Å²) < 4.78 is 12.6. The van der Waals surface area contributed by atoms with Gasteiger partial charge in [-0.1, -0.05) is 20.3 Å². The zero-order chi connectivity index (χ0) is 12.1. The van der Waals surface area contributed by atoms with Crippen LogP contribution in [-0.4, -0.2) is 11.9 Å². The van der Waals surface area contributed by atoms with E-state index >= 15 is 0 Å². The lowest BCUT2D eigenvalue weighted by Crippen LogP contribution is -2.40. The Hall–Kier alpha value is -1.42. The lowest BCUT2D eigenvalue weighted by molar-refractivity contribution is -0.118. The van der Waals surface area contributed by atoms with Crippen molar-refractivity contribution in [1.29, 1.82) is 0 Å². The first kappa shape index (κ1) is 12.6. The molecule has 2 unspecified atom stereocenters. The van der Waals surface area contributed by atoms with Crippen molar-refractivity contribution < 1.29 is 9.18 Å². The number of carbonyl (C=O) groups excluding carboxylic acids is 1. The number of rotatable bonds is 4. The first-order chi connectivity index (χ1) is 7.54. The molecule has 16 heavy (non-hydrogen) atoms. The predicted molar refractivity (Wildman–Crippen MR) is 62.5 cm³/mol. The van der Waals surface area contributed by atoms with E-state index in [9.17, 15) is 9.18 Å². The van der Waals surface area contributed by atoms with E-state index in [1.165, 1.54) is 24.3 Å². The molecule has 0 aliphatic heterocycles. The highest BCUT2D eigenvalue weighted by atomic mass is 19.1. The van der Waals surface area contributed by atoms with E-state index in [1.807, 2.05) is 13.8 Å². The summed E-state index contributed by atoms with van der Waals surface area (Å²) in [6.45, 7) is 3.91. The molecule has 0 bridgehead atoms. The van der Waals surface area contributed by atoms with Crippen molar-refractivity contribution >= 4 is 11.6 Å². The number of nitrogens with two attached hydrogens (primary N) is 1. The van der Waals surface area contributed by atoms with Crippen molar-refractivity contribution in [2.75, 3.05) is 5.32 Å². The predicted octanol–water partition coefficient (Wildman–Crippen LogP) is 2.14. The Morgan fingerprint density at radius 3 is 2.50 bits per heavy atom. The summed E-state index contributed by atoms with van der Waals surface area (Å²) in [6.07, 6.45) is 0.845. The Labute approximate surface area is 94.8 Å². The molecule has 1 amide bonds. The minimum absolute atomic E-state index is 0.125. The van der Waals surface area contributed by atoms with Gasteiger partial charge in [0.2, 0.25) is 5.91 Å². The third kappa shape index (κ3) is 3.31. The standard InChI is InChI=1S/C12H17FN2O/c1-3-8(2)11(14)12(16)15-10-6-4-9(13)5-7-10/h4-8,11H,3,14H2,1-2H3,(H,15,16). The van der Waals surface area contributed by atoms with E-state index in [0.29, 0.717) is 5.69 Å². The summed E-state index contributed by atoms with van der Waals surface area (Å²) in [5.74, 6) is -0.439. The van der Waals surface area contributed by atoms with E-state index in [0.717, 1.165) is 6.42 Å². The Kier molecular flexibility index (Phi) is 4.43. The highest BCUT2D eigenvalue weighted by molar-refractivity contribution is 5.94. The topological polar surface area (TPSA) is 55.1 Å². The number of carbonyl (C=O) groups is 1. The zero-order valence-electron chi connectivity index (χ0n) is 9.53. The Bertz CT molecular complexity index is 351. The molecule has 0 spiro atoms. The van der Waals surface area contributed by atoms with Gasteiger partial charge < -0.3 is 11.1 Å². The van der Waals surface area contributed by atoms with Gasteiger partial charge in [-0.25, -0.2) is 4.39 Å². The summed E-state index contributed by atoms with van der Waals surface area (Å²) in [5, 5.41) is 2.65. The molecule has 0 radical (unpaired) electrons. The molecule has 3 nitrogen and oxygen atoms in total. The van der Waals surface area contributed by atoms with Crippen LogP contribution in [0.5, 0.6) is 0 Å². The molecule has 1 rings (SSSR count). The van der Waals surface area contributed by atoms with Crippen LogP contribution in [-0.2, 0) is 4.79 Å².